The van der Waals surface area contributed by atoms with Crippen LogP contribution in [0.25, 0.3) is 10.2 Å². The molecule has 0 radical (unpaired) electrons. The van der Waals surface area contributed by atoms with E-state index in [1.165, 1.54) is 35.6 Å². The summed E-state index contributed by atoms with van der Waals surface area (Å²) < 4.78 is 33.4. The van der Waals surface area contributed by atoms with Crippen molar-refractivity contribution in [2.45, 2.75) is 38.1 Å². The molecule has 0 aliphatic carbocycles. The van der Waals surface area contributed by atoms with E-state index >= 15 is 0 Å². The van der Waals surface area contributed by atoms with Crippen molar-refractivity contribution in [3.8, 4) is 5.75 Å². The number of thiazole rings is 1. The van der Waals surface area contributed by atoms with E-state index in [4.69, 9.17) is 16.3 Å². The van der Waals surface area contributed by atoms with Crippen molar-refractivity contribution in [1.82, 2.24) is 4.57 Å². The van der Waals surface area contributed by atoms with Gasteiger partial charge in [0.15, 0.2) is 14.6 Å². The number of aryl methyl sites for hydroxylation is 2. The molecule has 0 aliphatic heterocycles. The molecule has 0 fully saturated rings. The molecule has 0 saturated carbocycles. The fourth-order valence-corrected chi connectivity index (χ4v) is 5.62. The number of hydrogen-bond donors (Lipinski definition) is 0. The summed E-state index contributed by atoms with van der Waals surface area (Å²) in [6.07, 6.45) is 0.663. The van der Waals surface area contributed by atoms with E-state index in [2.05, 4.69) is 4.99 Å². The standard InChI is InChI=1S/C21H23ClN2O4S2/c1-4-12-24-19-17(28-3)10-5-14(2)20(19)29-21(24)23-18(25)11-13-30(26,27)16-8-6-15(22)7-9-16/h5-10H,4,11-13H2,1-3H3. The van der Waals surface area contributed by atoms with Gasteiger partial charge in [-0.2, -0.15) is 4.99 Å². The molecular weight excluding hydrogens is 444 g/mol. The molecule has 0 spiro atoms. The summed E-state index contributed by atoms with van der Waals surface area (Å²) >= 11 is 7.22. The van der Waals surface area contributed by atoms with Gasteiger partial charge >= 0.3 is 0 Å². The minimum Gasteiger partial charge on any atom is -0.495 e. The Balaban J connectivity index is 1.92. The van der Waals surface area contributed by atoms with Crippen LogP contribution in [0.2, 0.25) is 5.02 Å². The molecule has 0 atom stereocenters. The molecule has 2 aromatic carbocycles. The number of sulfone groups is 1. The van der Waals surface area contributed by atoms with Gasteiger partial charge in [-0.05, 0) is 49.2 Å². The first-order valence-corrected chi connectivity index (χ1v) is 12.3. The van der Waals surface area contributed by atoms with Gasteiger partial charge in [-0.1, -0.05) is 35.9 Å². The van der Waals surface area contributed by atoms with Crippen LogP contribution in [0.4, 0.5) is 0 Å². The number of hydrogen-bond acceptors (Lipinski definition) is 5. The summed E-state index contributed by atoms with van der Waals surface area (Å²) in [6, 6.07) is 9.78. The number of carbonyl (C=O) groups is 1. The zero-order chi connectivity index (χ0) is 21.9. The normalized spacial score (nSPS) is 12.5. The minimum absolute atomic E-state index is 0.142. The van der Waals surface area contributed by atoms with Gasteiger partial charge in [-0.15, -0.1) is 0 Å². The summed E-state index contributed by atoms with van der Waals surface area (Å²) in [5, 5.41) is 0.455. The Morgan fingerprint density at radius 2 is 1.90 bits per heavy atom. The number of aromatic nitrogens is 1. The largest absolute Gasteiger partial charge is 0.495 e. The van der Waals surface area contributed by atoms with Crippen LogP contribution in [0, 0.1) is 6.92 Å². The zero-order valence-electron chi connectivity index (χ0n) is 17.0. The molecule has 1 amide bonds. The van der Waals surface area contributed by atoms with Gasteiger partial charge in [0.1, 0.15) is 11.3 Å². The Labute approximate surface area is 184 Å². The third kappa shape index (κ3) is 4.77. The first-order valence-electron chi connectivity index (χ1n) is 9.49. The van der Waals surface area contributed by atoms with Crippen molar-refractivity contribution in [1.29, 1.82) is 0 Å². The monoisotopic (exact) mass is 466 g/mol. The number of nitrogens with zero attached hydrogens (tertiary/aromatic N) is 2. The van der Waals surface area contributed by atoms with Crippen LogP contribution in [0.3, 0.4) is 0 Å². The summed E-state index contributed by atoms with van der Waals surface area (Å²) in [6.45, 7) is 4.72. The topological polar surface area (TPSA) is 77.7 Å². The second-order valence-electron chi connectivity index (χ2n) is 6.83. The van der Waals surface area contributed by atoms with Crippen LogP contribution >= 0.6 is 22.9 Å². The van der Waals surface area contributed by atoms with Gasteiger partial charge in [-0.3, -0.25) is 4.79 Å². The van der Waals surface area contributed by atoms with Crippen molar-refractivity contribution in [3.63, 3.8) is 0 Å². The van der Waals surface area contributed by atoms with Crippen LogP contribution in [0.15, 0.2) is 46.3 Å². The highest BCUT2D eigenvalue weighted by atomic mass is 35.5. The van der Waals surface area contributed by atoms with Crippen LogP contribution < -0.4 is 9.54 Å². The molecule has 1 heterocycles. The molecular formula is C21H23ClN2O4S2. The third-order valence-electron chi connectivity index (χ3n) is 4.63. The summed E-state index contributed by atoms with van der Waals surface area (Å²) in [5.41, 5.74) is 1.98. The average Bonchev–Trinajstić information content (AvgIpc) is 3.07. The van der Waals surface area contributed by atoms with Crippen LogP contribution in [-0.2, 0) is 21.2 Å². The van der Waals surface area contributed by atoms with E-state index in [-0.39, 0.29) is 17.1 Å². The smallest absolute Gasteiger partial charge is 0.249 e. The lowest BCUT2D eigenvalue weighted by Crippen LogP contribution is -2.18. The number of rotatable bonds is 7. The molecule has 0 bridgehead atoms. The predicted octanol–water partition coefficient (Wildman–Crippen LogP) is 4.37. The van der Waals surface area contributed by atoms with Gasteiger partial charge in [-0.25, -0.2) is 8.42 Å². The summed E-state index contributed by atoms with van der Waals surface area (Å²) in [4.78, 5) is 17.5. The lowest BCUT2D eigenvalue weighted by Gasteiger charge is -2.08. The minimum atomic E-state index is -3.59. The van der Waals surface area contributed by atoms with Gasteiger partial charge < -0.3 is 9.30 Å². The van der Waals surface area contributed by atoms with Gasteiger partial charge in [0.05, 0.1) is 22.5 Å². The van der Waals surface area contributed by atoms with Crippen molar-refractivity contribution in [3.05, 3.63) is 51.8 Å². The number of halogens is 1. The quantitative estimate of drug-likeness (QED) is 0.517. The number of ether oxygens (including phenoxy) is 1. The van der Waals surface area contributed by atoms with Crippen molar-refractivity contribution in [2.75, 3.05) is 12.9 Å². The Morgan fingerprint density at radius 3 is 2.53 bits per heavy atom. The van der Waals surface area contributed by atoms with Crippen LogP contribution in [0.5, 0.6) is 5.75 Å². The molecule has 6 nitrogen and oxygen atoms in total. The second-order valence-corrected chi connectivity index (χ2v) is 10.4. The number of fused-ring (bicyclic) bond motifs is 1. The number of methoxy groups -OCH3 is 1. The van der Waals surface area contributed by atoms with Crippen molar-refractivity contribution >= 4 is 48.9 Å². The SMILES string of the molecule is CCCn1c(=NC(=O)CCS(=O)(=O)c2ccc(Cl)cc2)sc2c(C)ccc(OC)c21. The number of carbonyl (C=O) groups excluding carboxylic acids is 1. The third-order valence-corrected chi connectivity index (χ3v) is 7.83. The molecule has 0 saturated heterocycles. The lowest BCUT2D eigenvalue weighted by atomic mass is 10.2. The average molecular weight is 467 g/mol. The van der Waals surface area contributed by atoms with Gasteiger partial charge in [0.2, 0.25) is 5.91 Å². The van der Waals surface area contributed by atoms with E-state index in [9.17, 15) is 13.2 Å². The molecule has 0 N–H and O–H groups in total. The maximum atomic E-state index is 12.5. The van der Waals surface area contributed by atoms with Gasteiger partial charge in [0, 0.05) is 18.0 Å². The lowest BCUT2D eigenvalue weighted by molar-refractivity contribution is -0.117. The predicted molar refractivity (Wildman–Crippen MR) is 120 cm³/mol. The molecule has 30 heavy (non-hydrogen) atoms. The molecule has 0 aliphatic rings. The number of benzene rings is 2. The van der Waals surface area contributed by atoms with E-state index in [1.807, 2.05) is 30.5 Å². The molecule has 0 unspecified atom stereocenters. The van der Waals surface area contributed by atoms with E-state index in [0.29, 0.717) is 16.4 Å². The van der Waals surface area contributed by atoms with Gasteiger partial charge in [0.25, 0.3) is 0 Å². The fourth-order valence-electron chi connectivity index (χ4n) is 3.10. The molecule has 1 aromatic heterocycles. The second kappa shape index (κ2) is 9.32. The van der Waals surface area contributed by atoms with E-state index in [1.54, 1.807) is 7.11 Å². The Bertz CT molecular complexity index is 1240. The molecule has 160 valence electrons. The maximum Gasteiger partial charge on any atom is 0.249 e. The van der Waals surface area contributed by atoms with Crippen molar-refractivity contribution in [2.24, 2.45) is 4.99 Å². The van der Waals surface area contributed by atoms with E-state index < -0.39 is 15.7 Å². The first-order chi connectivity index (χ1) is 14.3. The van der Waals surface area contributed by atoms with Crippen LogP contribution in [0.1, 0.15) is 25.3 Å². The number of amides is 1. The summed E-state index contributed by atoms with van der Waals surface area (Å²) in [7, 11) is -1.98. The fraction of sp³-hybridized carbons (Fsp3) is 0.333. The molecule has 3 aromatic rings. The van der Waals surface area contributed by atoms with E-state index in [0.717, 1.165) is 28.0 Å². The Kier molecular flexibility index (Phi) is 7.00. The molecule has 9 heteroatoms. The Hall–Kier alpha value is -2.16. The highest BCUT2D eigenvalue weighted by Gasteiger charge is 2.18. The maximum absolute atomic E-state index is 12.5. The highest BCUT2D eigenvalue weighted by molar-refractivity contribution is 7.91. The highest BCUT2D eigenvalue weighted by Crippen LogP contribution is 2.30. The Morgan fingerprint density at radius 1 is 1.20 bits per heavy atom. The molecule has 3 rings (SSSR count). The first kappa shape index (κ1) is 22.5. The zero-order valence-corrected chi connectivity index (χ0v) is 19.4. The van der Waals surface area contributed by atoms with Crippen LogP contribution in [-0.4, -0.2) is 31.8 Å². The van der Waals surface area contributed by atoms with Crippen molar-refractivity contribution < 1.29 is 17.9 Å². The summed E-state index contributed by atoms with van der Waals surface area (Å²) in [5.74, 6) is -0.0575.